The van der Waals surface area contributed by atoms with Crippen molar-refractivity contribution in [1.82, 2.24) is 13.8 Å². The van der Waals surface area contributed by atoms with E-state index in [2.05, 4.69) is 5.32 Å². The number of nitrogens with one attached hydrogen (secondary N) is 1. The van der Waals surface area contributed by atoms with Crippen molar-refractivity contribution in [1.29, 1.82) is 0 Å². The van der Waals surface area contributed by atoms with E-state index < -0.39 is 28.5 Å². The molecule has 2 rings (SSSR count). The van der Waals surface area contributed by atoms with Gasteiger partial charge < -0.3 is 19.5 Å². The second kappa shape index (κ2) is 11.8. The summed E-state index contributed by atoms with van der Waals surface area (Å²) in [6.07, 6.45) is 1.34. The van der Waals surface area contributed by atoms with Crippen LogP contribution < -0.4 is 5.32 Å². The average molecular weight is 493 g/mol. The van der Waals surface area contributed by atoms with Gasteiger partial charge in [0, 0.05) is 50.7 Å². The highest BCUT2D eigenvalue weighted by molar-refractivity contribution is 7.89. The van der Waals surface area contributed by atoms with E-state index >= 15 is 0 Å². The quantitative estimate of drug-likeness (QED) is 0.481. The molecule has 1 aromatic heterocycles. The van der Waals surface area contributed by atoms with Crippen LogP contribution in [-0.2, 0) is 26.6 Å². The Morgan fingerprint density at radius 3 is 2.09 bits per heavy atom. The standard InChI is InChI=1S/C23H32N4O6S/c1-6-26(7-2)22(29)17-10-12-18(13-11-17)24-21(28)16-33-23(30)20-14-19(15-25(20)5)34(31,32)27(8-3)9-4/h10-15H,6-9,16H2,1-5H3,(H,24,28). The van der Waals surface area contributed by atoms with E-state index in [1.807, 2.05) is 13.8 Å². The minimum Gasteiger partial charge on any atom is -0.451 e. The number of nitrogens with zero attached hydrogens (tertiary/aromatic N) is 3. The van der Waals surface area contributed by atoms with Crippen LogP contribution in [0, 0.1) is 0 Å². The van der Waals surface area contributed by atoms with Gasteiger partial charge in [0.05, 0.1) is 0 Å². The van der Waals surface area contributed by atoms with Gasteiger partial charge >= 0.3 is 5.97 Å². The van der Waals surface area contributed by atoms with Gasteiger partial charge in [-0.25, -0.2) is 13.2 Å². The Kier molecular flexibility index (Phi) is 9.39. The molecule has 10 nitrogen and oxygen atoms in total. The number of carbonyl (C=O) groups is 3. The Morgan fingerprint density at radius 2 is 1.56 bits per heavy atom. The Labute approximate surface area is 200 Å². The molecule has 0 aliphatic carbocycles. The number of ether oxygens (including phenoxy) is 1. The molecule has 0 spiro atoms. The van der Waals surface area contributed by atoms with Crippen LogP contribution in [0.3, 0.4) is 0 Å². The van der Waals surface area contributed by atoms with Crippen molar-refractivity contribution < 1.29 is 27.5 Å². The molecule has 34 heavy (non-hydrogen) atoms. The van der Waals surface area contributed by atoms with Gasteiger partial charge in [0.2, 0.25) is 10.0 Å². The van der Waals surface area contributed by atoms with Crippen LogP contribution in [0.4, 0.5) is 5.69 Å². The van der Waals surface area contributed by atoms with Crippen molar-refractivity contribution in [2.24, 2.45) is 7.05 Å². The number of amides is 2. The van der Waals surface area contributed by atoms with Gasteiger partial charge in [-0.3, -0.25) is 9.59 Å². The Balaban J connectivity index is 1.99. The SMILES string of the molecule is CCN(CC)C(=O)c1ccc(NC(=O)COC(=O)c2cc(S(=O)(=O)N(CC)CC)cn2C)cc1. The zero-order chi connectivity index (χ0) is 25.5. The molecule has 0 saturated heterocycles. The van der Waals surface area contributed by atoms with Crippen LogP contribution in [0.1, 0.15) is 48.5 Å². The van der Waals surface area contributed by atoms with Gasteiger partial charge in [-0.05, 0) is 44.2 Å². The predicted octanol–water partition coefficient (Wildman–Crippen LogP) is 2.33. The van der Waals surface area contributed by atoms with Crippen molar-refractivity contribution in [2.75, 3.05) is 38.1 Å². The highest BCUT2D eigenvalue weighted by Crippen LogP contribution is 2.19. The predicted molar refractivity (Wildman–Crippen MR) is 128 cm³/mol. The number of anilines is 1. The molecule has 2 amide bonds. The maximum atomic E-state index is 12.7. The van der Waals surface area contributed by atoms with E-state index in [4.69, 9.17) is 4.74 Å². The van der Waals surface area contributed by atoms with Gasteiger partial charge in [0.25, 0.3) is 11.8 Å². The molecule has 11 heteroatoms. The van der Waals surface area contributed by atoms with Gasteiger partial charge in [-0.2, -0.15) is 4.31 Å². The molecule has 0 bridgehead atoms. The Morgan fingerprint density at radius 1 is 0.971 bits per heavy atom. The van der Waals surface area contributed by atoms with Crippen LogP contribution in [0.2, 0.25) is 0 Å². The maximum absolute atomic E-state index is 12.7. The average Bonchev–Trinajstić information content (AvgIpc) is 3.22. The van der Waals surface area contributed by atoms with E-state index in [0.29, 0.717) is 37.4 Å². The summed E-state index contributed by atoms with van der Waals surface area (Å²) < 4.78 is 33.0. The molecule has 0 atom stereocenters. The number of hydrogen-bond acceptors (Lipinski definition) is 6. The van der Waals surface area contributed by atoms with E-state index in [-0.39, 0.29) is 16.5 Å². The highest BCUT2D eigenvalue weighted by Gasteiger charge is 2.26. The first-order valence-electron chi connectivity index (χ1n) is 11.1. The molecule has 0 aliphatic rings. The third-order valence-electron chi connectivity index (χ3n) is 5.33. The van der Waals surface area contributed by atoms with E-state index in [0.717, 1.165) is 0 Å². The summed E-state index contributed by atoms with van der Waals surface area (Å²) in [4.78, 5) is 38.7. The van der Waals surface area contributed by atoms with Crippen LogP contribution in [-0.4, -0.2) is 72.8 Å². The fourth-order valence-electron chi connectivity index (χ4n) is 3.38. The van der Waals surface area contributed by atoms with Gasteiger partial charge in [-0.15, -0.1) is 0 Å². The first-order valence-corrected chi connectivity index (χ1v) is 12.6. The molecule has 1 aromatic carbocycles. The molecule has 0 saturated carbocycles. The molecule has 0 radical (unpaired) electrons. The topological polar surface area (TPSA) is 118 Å². The van der Waals surface area contributed by atoms with Crippen LogP contribution in [0.25, 0.3) is 0 Å². The number of carbonyl (C=O) groups excluding carboxylic acids is 3. The minimum absolute atomic E-state index is 0.0119. The lowest BCUT2D eigenvalue weighted by molar-refractivity contribution is -0.119. The first kappa shape index (κ1) is 27.1. The first-order chi connectivity index (χ1) is 16.1. The Hall–Kier alpha value is -3.18. The molecule has 0 fully saturated rings. The fraction of sp³-hybridized carbons (Fsp3) is 0.435. The van der Waals surface area contributed by atoms with E-state index in [1.165, 1.54) is 28.2 Å². The highest BCUT2D eigenvalue weighted by atomic mass is 32.2. The fourth-order valence-corrected chi connectivity index (χ4v) is 4.91. The lowest BCUT2D eigenvalue weighted by Crippen LogP contribution is -2.30. The summed E-state index contributed by atoms with van der Waals surface area (Å²) in [5.74, 6) is -1.48. The van der Waals surface area contributed by atoms with Gasteiger partial charge in [-0.1, -0.05) is 13.8 Å². The number of aryl methyl sites for hydroxylation is 1. The van der Waals surface area contributed by atoms with E-state index in [9.17, 15) is 22.8 Å². The molecule has 0 aliphatic heterocycles. The van der Waals surface area contributed by atoms with Crippen molar-refractivity contribution in [2.45, 2.75) is 32.6 Å². The van der Waals surface area contributed by atoms with Crippen LogP contribution in [0.15, 0.2) is 41.4 Å². The van der Waals surface area contributed by atoms with E-state index in [1.54, 1.807) is 43.0 Å². The summed E-state index contributed by atoms with van der Waals surface area (Å²) in [5.41, 5.74) is 0.966. The van der Waals surface area contributed by atoms with Crippen molar-refractivity contribution in [3.63, 3.8) is 0 Å². The zero-order valence-electron chi connectivity index (χ0n) is 20.2. The molecule has 1 heterocycles. The molecular weight excluding hydrogens is 460 g/mol. The normalized spacial score (nSPS) is 11.4. The zero-order valence-corrected chi connectivity index (χ0v) is 21.0. The Bertz CT molecular complexity index is 1120. The molecule has 1 N–H and O–H groups in total. The number of hydrogen-bond donors (Lipinski definition) is 1. The second-order valence-electron chi connectivity index (χ2n) is 7.44. The number of esters is 1. The third-order valence-corrected chi connectivity index (χ3v) is 7.35. The largest absolute Gasteiger partial charge is 0.451 e. The number of benzene rings is 1. The van der Waals surface area contributed by atoms with Gasteiger partial charge in [0.1, 0.15) is 10.6 Å². The van der Waals surface area contributed by atoms with Gasteiger partial charge in [0.15, 0.2) is 6.61 Å². The van der Waals surface area contributed by atoms with Crippen LogP contribution in [0.5, 0.6) is 0 Å². The number of rotatable bonds is 11. The molecular formula is C23H32N4O6S. The summed E-state index contributed by atoms with van der Waals surface area (Å²) in [6, 6.07) is 7.66. The number of sulfonamides is 1. The summed E-state index contributed by atoms with van der Waals surface area (Å²) in [6.45, 7) is 8.52. The lowest BCUT2D eigenvalue weighted by atomic mass is 10.2. The second-order valence-corrected chi connectivity index (χ2v) is 9.38. The maximum Gasteiger partial charge on any atom is 0.355 e. The number of aromatic nitrogens is 1. The monoisotopic (exact) mass is 492 g/mol. The van der Waals surface area contributed by atoms with Crippen molar-refractivity contribution in [3.8, 4) is 0 Å². The van der Waals surface area contributed by atoms with Crippen LogP contribution >= 0.6 is 0 Å². The van der Waals surface area contributed by atoms with Crippen molar-refractivity contribution in [3.05, 3.63) is 47.8 Å². The minimum atomic E-state index is -3.73. The third kappa shape index (κ3) is 6.23. The van der Waals surface area contributed by atoms with Crippen molar-refractivity contribution >= 4 is 33.5 Å². The summed E-state index contributed by atoms with van der Waals surface area (Å²) in [7, 11) is -2.20. The summed E-state index contributed by atoms with van der Waals surface area (Å²) in [5, 5.41) is 2.60. The summed E-state index contributed by atoms with van der Waals surface area (Å²) >= 11 is 0. The molecule has 186 valence electrons. The lowest BCUT2D eigenvalue weighted by Gasteiger charge is -2.18. The smallest absolute Gasteiger partial charge is 0.355 e. The molecule has 2 aromatic rings. The molecule has 0 unspecified atom stereocenters.